The molecule has 0 fully saturated rings. The third-order valence-electron chi connectivity index (χ3n) is 3.70. The number of nitriles is 1. The average molecular weight is 355 g/mol. The van der Waals surface area contributed by atoms with Gasteiger partial charge in [0.2, 0.25) is 6.79 Å². The number of fused-ring (bicyclic) bond motifs is 1. The van der Waals surface area contributed by atoms with Crippen LogP contribution in [0.5, 0.6) is 11.5 Å². The van der Waals surface area contributed by atoms with Crippen molar-refractivity contribution in [1.29, 1.82) is 5.26 Å². The monoisotopic (exact) mass is 354 g/mol. The molecule has 0 aliphatic carbocycles. The third kappa shape index (κ3) is 4.11. The van der Waals surface area contributed by atoms with Gasteiger partial charge in [-0.25, -0.2) is 0 Å². The number of hydrogen-bond donors (Lipinski definition) is 1. The first kappa shape index (κ1) is 16.9. The molecule has 2 aromatic carbocycles. The lowest BCUT2D eigenvalue weighted by Crippen LogP contribution is -2.26. The van der Waals surface area contributed by atoms with Gasteiger partial charge in [-0.15, -0.1) is 0 Å². The van der Waals surface area contributed by atoms with Gasteiger partial charge in [-0.1, -0.05) is 41.9 Å². The Hall–Kier alpha value is -2.97. The maximum absolute atomic E-state index is 12.2. The van der Waals surface area contributed by atoms with Crippen LogP contribution in [-0.2, 0) is 11.2 Å². The van der Waals surface area contributed by atoms with Gasteiger partial charge in [0.25, 0.3) is 5.91 Å². The van der Waals surface area contributed by atoms with Crippen LogP contribution < -0.4 is 14.8 Å². The largest absolute Gasteiger partial charge is 0.454 e. The van der Waals surface area contributed by atoms with Crippen LogP contribution in [-0.4, -0.2) is 19.2 Å². The molecule has 1 N–H and O–H groups in total. The summed E-state index contributed by atoms with van der Waals surface area (Å²) >= 11 is 6.18. The zero-order valence-corrected chi connectivity index (χ0v) is 14.0. The van der Waals surface area contributed by atoms with Crippen molar-refractivity contribution in [2.24, 2.45) is 0 Å². The van der Waals surface area contributed by atoms with Gasteiger partial charge in [0.05, 0.1) is 5.02 Å². The van der Waals surface area contributed by atoms with Crippen molar-refractivity contribution >= 4 is 23.6 Å². The molecule has 3 rings (SSSR count). The van der Waals surface area contributed by atoms with Crippen LogP contribution in [0.3, 0.4) is 0 Å². The number of hydrogen-bond acceptors (Lipinski definition) is 4. The molecule has 1 aliphatic heterocycles. The van der Waals surface area contributed by atoms with Crippen LogP contribution in [0.25, 0.3) is 6.08 Å². The SMILES string of the molecule is N#CC(=Cc1cc2c(cc1Cl)OCO2)C(=O)NCCc1ccccc1. The molecule has 0 atom stereocenters. The topological polar surface area (TPSA) is 71.3 Å². The van der Waals surface area contributed by atoms with Gasteiger partial charge in [0.1, 0.15) is 11.6 Å². The van der Waals surface area contributed by atoms with E-state index >= 15 is 0 Å². The minimum absolute atomic E-state index is 0.0196. The van der Waals surface area contributed by atoms with Crippen LogP contribution in [0.15, 0.2) is 48.0 Å². The van der Waals surface area contributed by atoms with Crippen molar-refractivity contribution in [2.75, 3.05) is 13.3 Å². The summed E-state index contributed by atoms with van der Waals surface area (Å²) in [5.74, 6) is 0.651. The van der Waals surface area contributed by atoms with E-state index in [0.29, 0.717) is 35.1 Å². The number of halogens is 1. The van der Waals surface area contributed by atoms with E-state index in [-0.39, 0.29) is 12.4 Å². The van der Waals surface area contributed by atoms with Gasteiger partial charge in [-0.2, -0.15) is 5.26 Å². The van der Waals surface area contributed by atoms with E-state index in [1.54, 1.807) is 12.1 Å². The van der Waals surface area contributed by atoms with Gasteiger partial charge in [-0.3, -0.25) is 4.79 Å². The number of benzene rings is 2. The maximum atomic E-state index is 12.2. The molecule has 2 aromatic rings. The molecule has 1 heterocycles. The van der Waals surface area contributed by atoms with Gasteiger partial charge in [0, 0.05) is 12.6 Å². The summed E-state index contributed by atoms with van der Waals surface area (Å²) < 4.78 is 10.5. The molecular weight excluding hydrogens is 340 g/mol. The first-order valence-corrected chi connectivity index (χ1v) is 8.08. The van der Waals surface area contributed by atoms with E-state index in [1.165, 1.54) is 6.08 Å². The quantitative estimate of drug-likeness (QED) is 0.660. The first-order chi connectivity index (χ1) is 12.2. The van der Waals surface area contributed by atoms with Crippen molar-refractivity contribution in [3.8, 4) is 17.6 Å². The fourth-order valence-corrected chi connectivity index (χ4v) is 2.62. The predicted octanol–water partition coefficient (Wildman–Crippen LogP) is 3.33. The molecule has 126 valence electrons. The zero-order chi connectivity index (χ0) is 17.6. The molecule has 0 aromatic heterocycles. The number of nitrogens with zero attached hydrogens (tertiary/aromatic N) is 1. The molecule has 25 heavy (non-hydrogen) atoms. The lowest BCUT2D eigenvalue weighted by atomic mass is 10.1. The number of rotatable bonds is 5. The Labute approximate surface area is 150 Å². The highest BCUT2D eigenvalue weighted by Gasteiger charge is 2.17. The summed E-state index contributed by atoms with van der Waals surface area (Å²) in [5.41, 5.74) is 1.62. The molecule has 1 amide bonds. The van der Waals surface area contributed by atoms with Gasteiger partial charge in [-0.05, 0) is 29.7 Å². The molecule has 0 spiro atoms. The molecule has 0 radical (unpaired) electrons. The van der Waals surface area contributed by atoms with Gasteiger partial charge in [0.15, 0.2) is 11.5 Å². The van der Waals surface area contributed by atoms with E-state index < -0.39 is 5.91 Å². The molecular formula is C19H15ClN2O3. The van der Waals surface area contributed by atoms with Crippen LogP contribution >= 0.6 is 11.6 Å². The Balaban J connectivity index is 1.68. The number of carbonyl (C=O) groups excluding carboxylic acids is 1. The second-order valence-electron chi connectivity index (χ2n) is 5.39. The Morgan fingerprint density at radius 1 is 1.24 bits per heavy atom. The Kier molecular flexibility index (Phi) is 5.22. The predicted molar refractivity (Wildman–Crippen MR) is 94.3 cm³/mol. The van der Waals surface area contributed by atoms with Crippen LogP contribution in [0, 0.1) is 11.3 Å². The molecule has 0 saturated carbocycles. The molecule has 0 saturated heterocycles. The maximum Gasteiger partial charge on any atom is 0.261 e. The van der Waals surface area contributed by atoms with E-state index in [4.69, 9.17) is 21.1 Å². The summed E-state index contributed by atoms with van der Waals surface area (Å²) in [6, 6.07) is 15.0. The smallest absolute Gasteiger partial charge is 0.261 e. The average Bonchev–Trinajstić information content (AvgIpc) is 3.07. The normalized spacial score (nSPS) is 12.6. The van der Waals surface area contributed by atoms with Crippen LogP contribution in [0.1, 0.15) is 11.1 Å². The fourth-order valence-electron chi connectivity index (χ4n) is 2.41. The second kappa shape index (κ2) is 7.73. The molecule has 0 unspecified atom stereocenters. The standard InChI is InChI=1S/C19H15ClN2O3/c20-16-10-18-17(24-12-25-18)9-14(16)8-15(11-21)19(23)22-7-6-13-4-2-1-3-5-13/h1-5,8-10H,6-7,12H2,(H,22,23). The number of ether oxygens (including phenoxy) is 2. The highest BCUT2D eigenvalue weighted by Crippen LogP contribution is 2.37. The molecule has 5 nitrogen and oxygen atoms in total. The first-order valence-electron chi connectivity index (χ1n) is 7.70. The third-order valence-corrected chi connectivity index (χ3v) is 4.03. The van der Waals surface area contributed by atoms with Gasteiger partial charge >= 0.3 is 0 Å². The summed E-state index contributed by atoms with van der Waals surface area (Å²) in [6.07, 6.45) is 2.14. The second-order valence-corrected chi connectivity index (χ2v) is 5.80. The lowest BCUT2D eigenvalue weighted by molar-refractivity contribution is -0.117. The van der Waals surface area contributed by atoms with E-state index in [1.807, 2.05) is 36.4 Å². The van der Waals surface area contributed by atoms with E-state index in [9.17, 15) is 10.1 Å². The number of nitrogens with one attached hydrogen (secondary N) is 1. The Morgan fingerprint density at radius 3 is 2.68 bits per heavy atom. The molecule has 0 bridgehead atoms. The van der Waals surface area contributed by atoms with Crippen LogP contribution in [0.2, 0.25) is 5.02 Å². The Morgan fingerprint density at radius 2 is 1.96 bits per heavy atom. The number of amides is 1. The van der Waals surface area contributed by atoms with Crippen LogP contribution in [0.4, 0.5) is 0 Å². The highest BCUT2D eigenvalue weighted by molar-refractivity contribution is 6.32. The molecule has 6 heteroatoms. The summed E-state index contributed by atoms with van der Waals surface area (Å²) in [5, 5.41) is 12.4. The van der Waals surface area contributed by atoms with Crippen molar-refractivity contribution in [2.45, 2.75) is 6.42 Å². The van der Waals surface area contributed by atoms with Crippen molar-refractivity contribution < 1.29 is 14.3 Å². The summed E-state index contributed by atoms with van der Waals surface area (Å²) in [7, 11) is 0. The summed E-state index contributed by atoms with van der Waals surface area (Å²) in [6.45, 7) is 0.570. The van der Waals surface area contributed by atoms with Crippen molar-refractivity contribution in [3.63, 3.8) is 0 Å². The minimum atomic E-state index is -0.438. The van der Waals surface area contributed by atoms with Crippen molar-refractivity contribution in [3.05, 3.63) is 64.2 Å². The molecule has 1 aliphatic rings. The van der Waals surface area contributed by atoms with Crippen molar-refractivity contribution in [1.82, 2.24) is 5.32 Å². The number of carbonyl (C=O) groups is 1. The lowest BCUT2D eigenvalue weighted by Gasteiger charge is -2.06. The minimum Gasteiger partial charge on any atom is -0.454 e. The Bertz CT molecular complexity index is 857. The summed E-state index contributed by atoms with van der Waals surface area (Å²) in [4.78, 5) is 12.2. The fraction of sp³-hybridized carbons (Fsp3) is 0.158. The zero-order valence-electron chi connectivity index (χ0n) is 13.3. The van der Waals surface area contributed by atoms with E-state index in [2.05, 4.69) is 5.32 Å². The van der Waals surface area contributed by atoms with E-state index in [0.717, 1.165) is 5.56 Å². The highest BCUT2D eigenvalue weighted by atomic mass is 35.5. The van der Waals surface area contributed by atoms with Gasteiger partial charge < -0.3 is 14.8 Å².